The zero-order valence-corrected chi connectivity index (χ0v) is 11.9. The largest absolute Gasteiger partial charge is 0.508 e. The van der Waals surface area contributed by atoms with E-state index in [0.717, 1.165) is 11.3 Å². The molecule has 0 radical (unpaired) electrons. The van der Waals surface area contributed by atoms with Gasteiger partial charge in [0, 0.05) is 17.8 Å². The second-order valence-corrected chi connectivity index (χ2v) is 5.35. The van der Waals surface area contributed by atoms with Crippen LogP contribution in [0.3, 0.4) is 0 Å². The molecule has 1 atom stereocenters. The van der Waals surface area contributed by atoms with Gasteiger partial charge in [-0.25, -0.2) is 0 Å². The highest BCUT2D eigenvalue weighted by atomic mass is 16.3. The number of aromatic hydroxyl groups is 1. The van der Waals surface area contributed by atoms with Crippen LogP contribution in [0.4, 0.5) is 11.4 Å². The topological polar surface area (TPSA) is 78.4 Å². The molecule has 2 aromatic rings. The van der Waals surface area contributed by atoms with Gasteiger partial charge < -0.3 is 15.7 Å². The van der Waals surface area contributed by atoms with Crippen LogP contribution in [0.15, 0.2) is 48.5 Å². The van der Waals surface area contributed by atoms with Crippen LogP contribution in [0.2, 0.25) is 0 Å². The minimum atomic E-state index is -0.369. The Bertz CT molecular complexity index is 710. The summed E-state index contributed by atoms with van der Waals surface area (Å²) >= 11 is 0. The molecule has 1 heterocycles. The highest BCUT2D eigenvalue weighted by Crippen LogP contribution is 2.27. The van der Waals surface area contributed by atoms with Crippen molar-refractivity contribution in [2.45, 2.75) is 12.8 Å². The summed E-state index contributed by atoms with van der Waals surface area (Å²) in [6.45, 7) is 0. The fraction of sp³-hybridized carbons (Fsp3) is 0.176. The average Bonchev–Trinajstić information content (AvgIpc) is 2.50. The van der Waals surface area contributed by atoms with Crippen LogP contribution < -0.4 is 10.6 Å². The van der Waals surface area contributed by atoms with Gasteiger partial charge in [-0.2, -0.15) is 0 Å². The molecule has 3 rings (SSSR count). The molecule has 0 spiro atoms. The molecule has 0 saturated heterocycles. The van der Waals surface area contributed by atoms with E-state index in [1.165, 1.54) is 12.1 Å². The first-order valence-corrected chi connectivity index (χ1v) is 7.09. The number of amides is 2. The fourth-order valence-corrected chi connectivity index (χ4v) is 2.56. The molecule has 112 valence electrons. The quantitative estimate of drug-likeness (QED) is 0.762. The lowest BCUT2D eigenvalue weighted by molar-refractivity contribution is -0.125. The van der Waals surface area contributed by atoms with Gasteiger partial charge in [-0.1, -0.05) is 18.2 Å². The van der Waals surface area contributed by atoms with Gasteiger partial charge >= 0.3 is 0 Å². The van der Waals surface area contributed by atoms with Crippen molar-refractivity contribution in [3.63, 3.8) is 0 Å². The number of para-hydroxylation sites is 1. The second-order valence-electron chi connectivity index (χ2n) is 5.35. The Morgan fingerprint density at radius 1 is 1.18 bits per heavy atom. The summed E-state index contributed by atoms with van der Waals surface area (Å²) < 4.78 is 0. The summed E-state index contributed by atoms with van der Waals surface area (Å²) in [4.78, 5) is 24.1. The number of hydrogen-bond donors (Lipinski definition) is 3. The first-order chi connectivity index (χ1) is 10.6. The summed E-state index contributed by atoms with van der Waals surface area (Å²) in [5.74, 6) is -0.571. The number of phenols is 1. The summed E-state index contributed by atoms with van der Waals surface area (Å²) in [6, 6.07) is 13.8. The van der Waals surface area contributed by atoms with Crippen molar-refractivity contribution >= 4 is 23.2 Å². The molecular formula is C17H16N2O3. The molecule has 22 heavy (non-hydrogen) atoms. The van der Waals surface area contributed by atoms with Gasteiger partial charge in [-0.05, 0) is 42.3 Å². The molecular weight excluding hydrogens is 280 g/mol. The Kier molecular flexibility index (Phi) is 3.78. The fourth-order valence-electron chi connectivity index (χ4n) is 2.56. The summed E-state index contributed by atoms with van der Waals surface area (Å²) in [6.07, 6.45) is 0.687. The molecule has 5 heteroatoms. The monoisotopic (exact) mass is 296 g/mol. The number of anilines is 2. The predicted molar refractivity (Wildman–Crippen MR) is 83.6 cm³/mol. The highest BCUT2D eigenvalue weighted by Gasteiger charge is 2.27. The molecule has 0 fully saturated rings. The maximum absolute atomic E-state index is 12.1. The van der Waals surface area contributed by atoms with Gasteiger partial charge in [0.15, 0.2) is 0 Å². The molecule has 0 aromatic heterocycles. The molecule has 5 nitrogen and oxygen atoms in total. The van der Waals surface area contributed by atoms with Crippen molar-refractivity contribution in [2.24, 2.45) is 5.92 Å². The van der Waals surface area contributed by atoms with E-state index in [2.05, 4.69) is 10.6 Å². The normalized spacial score (nSPS) is 16.5. The minimum absolute atomic E-state index is 0.125. The maximum Gasteiger partial charge on any atom is 0.228 e. The lowest BCUT2D eigenvalue weighted by Gasteiger charge is -2.24. The van der Waals surface area contributed by atoms with Crippen LogP contribution in [0.1, 0.15) is 12.0 Å². The predicted octanol–water partition coefficient (Wildman–Crippen LogP) is 2.53. The zero-order valence-electron chi connectivity index (χ0n) is 11.9. The van der Waals surface area contributed by atoms with E-state index in [9.17, 15) is 14.7 Å². The van der Waals surface area contributed by atoms with E-state index in [-0.39, 0.29) is 29.9 Å². The Morgan fingerprint density at radius 3 is 2.68 bits per heavy atom. The first-order valence-electron chi connectivity index (χ1n) is 7.09. The smallest absolute Gasteiger partial charge is 0.228 e. The lowest BCUT2D eigenvalue weighted by atomic mass is 9.90. The molecule has 0 saturated carbocycles. The van der Waals surface area contributed by atoms with E-state index in [1.54, 1.807) is 12.1 Å². The molecule has 3 N–H and O–H groups in total. The third-order valence-electron chi connectivity index (χ3n) is 3.70. The Morgan fingerprint density at radius 2 is 1.91 bits per heavy atom. The van der Waals surface area contributed by atoms with Crippen molar-refractivity contribution in [2.75, 3.05) is 10.6 Å². The van der Waals surface area contributed by atoms with Gasteiger partial charge in [0.2, 0.25) is 11.8 Å². The van der Waals surface area contributed by atoms with Crippen LogP contribution in [-0.2, 0) is 16.0 Å². The number of fused-ring (bicyclic) bond motifs is 1. The first kappa shape index (κ1) is 14.1. The van der Waals surface area contributed by atoms with E-state index >= 15 is 0 Å². The van der Waals surface area contributed by atoms with Crippen molar-refractivity contribution < 1.29 is 14.7 Å². The summed E-state index contributed by atoms with van der Waals surface area (Å²) in [5, 5.41) is 14.8. The van der Waals surface area contributed by atoms with Gasteiger partial charge in [-0.15, -0.1) is 0 Å². The SMILES string of the molecule is O=C(CC1Cc2ccccc2NC1=O)Nc1ccc(O)cc1. The van der Waals surface area contributed by atoms with Gasteiger partial charge in [0.25, 0.3) is 0 Å². The summed E-state index contributed by atoms with van der Waals surface area (Å²) in [5.41, 5.74) is 2.46. The van der Waals surface area contributed by atoms with E-state index in [4.69, 9.17) is 0 Å². The number of nitrogens with one attached hydrogen (secondary N) is 2. The van der Waals surface area contributed by atoms with Crippen LogP contribution in [-0.4, -0.2) is 16.9 Å². The van der Waals surface area contributed by atoms with Crippen LogP contribution in [0.5, 0.6) is 5.75 Å². The second kappa shape index (κ2) is 5.89. The Balaban J connectivity index is 1.64. The average molecular weight is 296 g/mol. The number of phenolic OH excluding ortho intramolecular Hbond substituents is 1. The highest BCUT2D eigenvalue weighted by molar-refractivity contribution is 6.00. The van der Waals surface area contributed by atoms with Crippen LogP contribution >= 0.6 is 0 Å². The molecule has 2 aromatic carbocycles. The number of rotatable bonds is 3. The molecule has 0 aliphatic carbocycles. The zero-order chi connectivity index (χ0) is 15.5. The lowest BCUT2D eigenvalue weighted by Crippen LogP contribution is -2.32. The van der Waals surface area contributed by atoms with Gasteiger partial charge in [-0.3, -0.25) is 9.59 Å². The molecule has 1 unspecified atom stereocenters. The number of hydrogen-bond acceptors (Lipinski definition) is 3. The molecule has 1 aliphatic heterocycles. The minimum Gasteiger partial charge on any atom is -0.508 e. The third kappa shape index (κ3) is 3.09. The third-order valence-corrected chi connectivity index (χ3v) is 3.70. The van der Waals surface area contributed by atoms with Gasteiger partial charge in [0.1, 0.15) is 5.75 Å². The van der Waals surface area contributed by atoms with Crippen molar-refractivity contribution in [1.82, 2.24) is 0 Å². The maximum atomic E-state index is 12.1. The number of carbonyl (C=O) groups excluding carboxylic acids is 2. The van der Waals surface area contributed by atoms with E-state index in [1.807, 2.05) is 24.3 Å². The van der Waals surface area contributed by atoms with E-state index < -0.39 is 0 Å². The van der Waals surface area contributed by atoms with E-state index in [0.29, 0.717) is 12.1 Å². The van der Waals surface area contributed by atoms with Crippen LogP contribution in [0.25, 0.3) is 0 Å². The molecule has 2 amide bonds. The van der Waals surface area contributed by atoms with Crippen LogP contribution in [0, 0.1) is 5.92 Å². The van der Waals surface area contributed by atoms with Crippen molar-refractivity contribution in [3.8, 4) is 5.75 Å². The molecule has 0 bridgehead atoms. The van der Waals surface area contributed by atoms with Crippen molar-refractivity contribution in [1.29, 1.82) is 0 Å². The van der Waals surface area contributed by atoms with Crippen molar-refractivity contribution in [3.05, 3.63) is 54.1 Å². The summed E-state index contributed by atoms with van der Waals surface area (Å²) in [7, 11) is 0. The van der Waals surface area contributed by atoms with Gasteiger partial charge in [0.05, 0.1) is 5.92 Å². The molecule has 1 aliphatic rings. The number of benzene rings is 2. The standard InChI is InChI=1S/C17H16N2O3/c20-14-7-5-13(6-8-14)18-16(21)10-12-9-11-3-1-2-4-15(11)19-17(12)22/h1-8,12,20H,9-10H2,(H,18,21)(H,19,22). The Hall–Kier alpha value is -2.82. The number of carbonyl (C=O) groups is 2. The Labute approximate surface area is 128 Å².